The van der Waals surface area contributed by atoms with Gasteiger partial charge >= 0.3 is 0 Å². The van der Waals surface area contributed by atoms with Crippen LogP contribution in [-0.4, -0.2) is 37.0 Å². The quantitative estimate of drug-likeness (QED) is 0.834. The predicted octanol–water partition coefficient (Wildman–Crippen LogP) is 3.00. The van der Waals surface area contributed by atoms with Crippen molar-refractivity contribution < 1.29 is 4.79 Å². The van der Waals surface area contributed by atoms with E-state index in [1.165, 1.54) is 16.8 Å². The molecule has 1 aromatic rings. The van der Waals surface area contributed by atoms with Crippen molar-refractivity contribution in [2.75, 3.05) is 31.1 Å². The number of anilines is 1. The number of piperazine rings is 1. The van der Waals surface area contributed by atoms with Gasteiger partial charge in [0, 0.05) is 37.8 Å². The number of aryl methyl sites for hydroxylation is 2. The molecule has 1 aliphatic carbocycles. The molecule has 0 bridgehead atoms. The molecule has 1 atom stereocenters. The Morgan fingerprint density at radius 1 is 1.05 bits per heavy atom. The summed E-state index contributed by atoms with van der Waals surface area (Å²) < 4.78 is 0. The highest BCUT2D eigenvalue weighted by Gasteiger charge is 2.52. The van der Waals surface area contributed by atoms with Gasteiger partial charge < -0.3 is 9.80 Å². The van der Waals surface area contributed by atoms with E-state index in [9.17, 15) is 4.79 Å². The van der Waals surface area contributed by atoms with Gasteiger partial charge in [0.25, 0.3) is 0 Å². The summed E-state index contributed by atoms with van der Waals surface area (Å²) in [5, 5.41) is 0. The number of benzene rings is 1. The minimum Gasteiger partial charge on any atom is -0.368 e. The van der Waals surface area contributed by atoms with Gasteiger partial charge in [-0.1, -0.05) is 19.9 Å². The summed E-state index contributed by atoms with van der Waals surface area (Å²) in [6.07, 6.45) is 1.06. The van der Waals surface area contributed by atoms with Crippen molar-refractivity contribution in [1.82, 2.24) is 4.90 Å². The topological polar surface area (TPSA) is 23.6 Å². The van der Waals surface area contributed by atoms with Crippen molar-refractivity contribution in [1.29, 1.82) is 0 Å². The van der Waals surface area contributed by atoms with Crippen LogP contribution in [-0.2, 0) is 4.79 Å². The molecule has 2 fully saturated rings. The number of nitrogens with zero attached hydrogens (tertiary/aromatic N) is 2. The van der Waals surface area contributed by atoms with Crippen LogP contribution < -0.4 is 4.90 Å². The highest BCUT2D eigenvalue weighted by molar-refractivity contribution is 5.82. The fourth-order valence-electron chi connectivity index (χ4n) is 3.43. The highest BCUT2D eigenvalue weighted by atomic mass is 16.2. The minimum absolute atomic E-state index is 0.238. The van der Waals surface area contributed by atoms with Crippen LogP contribution in [0.15, 0.2) is 18.2 Å². The first-order chi connectivity index (χ1) is 9.87. The average molecular weight is 286 g/mol. The van der Waals surface area contributed by atoms with Gasteiger partial charge in [-0.05, 0) is 48.9 Å². The molecule has 1 aliphatic heterocycles. The molecule has 114 valence electrons. The molecule has 1 aromatic carbocycles. The van der Waals surface area contributed by atoms with Crippen LogP contribution in [0.3, 0.4) is 0 Å². The molecule has 1 unspecified atom stereocenters. The van der Waals surface area contributed by atoms with Gasteiger partial charge in [-0.15, -0.1) is 0 Å². The summed E-state index contributed by atoms with van der Waals surface area (Å²) in [5.41, 5.74) is 4.15. The molecular formula is C18H26N2O. The Balaban J connectivity index is 1.61. The van der Waals surface area contributed by atoms with Crippen molar-refractivity contribution >= 4 is 11.6 Å². The zero-order valence-electron chi connectivity index (χ0n) is 13.6. The molecule has 3 heteroatoms. The molecule has 0 N–H and O–H groups in total. The third-order valence-corrected chi connectivity index (χ3v) is 4.97. The predicted molar refractivity (Wildman–Crippen MR) is 86.6 cm³/mol. The maximum Gasteiger partial charge on any atom is 0.226 e. The van der Waals surface area contributed by atoms with Gasteiger partial charge in [-0.25, -0.2) is 0 Å². The number of carbonyl (C=O) groups is 1. The summed E-state index contributed by atoms with van der Waals surface area (Å²) in [5.74, 6) is 0.644. The highest BCUT2D eigenvalue weighted by Crippen LogP contribution is 2.52. The van der Waals surface area contributed by atoms with Gasteiger partial charge in [0.15, 0.2) is 0 Å². The van der Waals surface area contributed by atoms with Gasteiger partial charge in [0.1, 0.15) is 0 Å². The summed E-state index contributed by atoms with van der Waals surface area (Å²) >= 11 is 0. The molecule has 3 rings (SSSR count). The van der Waals surface area contributed by atoms with Crippen LogP contribution in [0.5, 0.6) is 0 Å². The Morgan fingerprint density at radius 2 is 1.57 bits per heavy atom. The van der Waals surface area contributed by atoms with Gasteiger partial charge in [-0.3, -0.25) is 4.79 Å². The van der Waals surface area contributed by atoms with E-state index in [0.29, 0.717) is 5.91 Å². The number of carbonyl (C=O) groups excluding carboxylic acids is 1. The van der Waals surface area contributed by atoms with E-state index >= 15 is 0 Å². The number of amides is 1. The van der Waals surface area contributed by atoms with Gasteiger partial charge in [-0.2, -0.15) is 0 Å². The summed E-state index contributed by atoms with van der Waals surface area (Å²) in [4.78, 5) is 16.9. The zero-order chi connectivity index (χ0) is 15.2. The molecule has 0 aromatic heterocycles. The second kappa shape index (κ2) is 5.04. The smallest absolute Gasteiger partial charge is 0.226 e. The maximum atomic E-state index is 12.4. The van der Waals surface area contributed by atoms with Gasteiger partial charge in [0.05, 0.1) is 0 Å². The lowest BCUT2D eigenvalue weighted by atomic mass is 10.1. The van der Waals surface area contributed by atoms with E-state index in [2.05, 4.69) is 55.7 Å². The Hall–Kier alpha value is -1.51. The Morgan fingerprint density at radius 3 is 2.05 bits per heavy atom. The fraction of sp³-hybridized carbons (Fsp3) is 0.611. The molecule has 1 saturated heterocycles. The first kappa shape index (κ1) is 14.4. The molecule has 0 radical (unpaired) electrons. The third kappa shape index (κ3) is 2.92. The van der Waals surface area contributed by atoms with E-state index in [4.69, 9.17) is 0 Å². The Bertz CT molecular complexity index is 536. The number of hydrogen-bond donors (Lipinski definition) is 0. The van der Waals surface area contributed by atoms with Crippen LogP contribution in [0, 0.1) is 25.2 Å². The third-order valence-electron chi connectivity index (χ3n) is 4.97. The molecule has 21 heavy (non-hydrogen) atoms. The number of rotatable bonds is 2. The van der Waals surface area contributed by atoms with Crippen LogP contribution in [0.4, 0.5) is 5.69 Å². The molecule has 2 aliphatic rings. The van der Waals surface area contributed by atoms with Crippen LogP contribution >= 0.6 is 0 Å². The second-order valence-corrected chi connectivity index (χ2v) is 7.40. The largest absolute Gasteiger partial charge is 0.368 e. The molecule has 1 amide bonds. The van der Waals surface area contributed by atoms with E-state index in [1.807, 2.05) is 0 Å². The monoisotopic (exact) mass is 286 g/mol. The van der Waals surface area contributed by atoms with E-state index < -0.39 is 0 Å². The van der Waals surface area contributed by atoms with Crippen LogP contribution in [0.25, 0.3) is 0 Å². The Kier molecular flexibility index (Phi) is 3.46. The van der Waals surface area contributed by atoms with Crippen molar-refractivity contribution in [3.63, 3.8) is 0 Å². The van der Waals surface area contributed by atoms with E-state index in [1.54, 1.807) is 0 Å². The van der Waals surface area contributed by atoms with E-state index in [0.717, 1.165) is 32.6 Å². The summed E-state index contributed by atoms with van der Waals surface area (Å²) in [6, 6.07) is 6.70. The van der Waals surface area contributed by atoms with Gasteiger partial charge in [0.2, 0.25) is 5.91 Å². The maximum absolute atomic E-state index is 12.4. The second-order valence-electron chi connectivity index (χ2n) is 7.40. The van der Waals surface area contributed by atoms with Crippen molar-refractivity contribution in [3.05, 3.63) is 29.3 Å². The lowest BCUT2D eigenvalue weighted by Gasteiger charge is -2.36. The minimum atomic E-state index is 0.238. The first-order valence-corrected chi connectivity index (χ1v) is 7.99. The van der Waals surface area contributed by atoms with Crippen molar-refractivity contribution in [2.24, 2.45) is 11.3 Å². The van der Waals surface area contributed by atoms with Crippen LogP contribution in [0.2, 0.25) is 0 Å². The molecular weight excluding hydrogens is 260 g/mol. The standard InChI is InChI=1S/C18H26N2O/c1-13-9-14(2)11-15(10-13)19-5-7-20(8-6-19)17(21)16-12-18(16,3)4/h9-11,16H,5-8,12H2,1-4H3. The summed E-state index contributed by atoms with van der Waals surface area (Å²) in [6.45, 7) is 12.3. The van der Waals surface area contributed by atoms with Crippen molar-refractivity contribution in [2.45, 2.75) is 34.1 Å². The lowest BCUT2D eigenvalue weighted by molar-refractivity contribution is -0.133. The summed E-state index contributed by atoms with van der Waals surface area (Å²) in [7, 11) is 0. The Labute approximate surface area is 127 Å². The van der Waals surface area contributed by atoms with E-state index in [-0.39, 0.29) is 11.3 Å². The molecule has 0 spiro atoms. The normalized spacial score (nSPS) is 24.1. The SMILES string of the molecule is Cc1cc(C)cc(N2CCN(C(=O)C3CC3(C)C)CC2)c1. The molecule has 1 saturated carbocycles. The van der Waals surface area contributed by atoms with Crippen molar-refractivity contribution in [3.8, 4) is 0 Å². The zero-order valence-corrected chi connectivity index (χ0v) is 13.6. The molecule has 3 nitrogen and oxygen atoms in total. The lowest BCUT2D eigenvalue weighted by Crippen LogP contribution is -2.49. The van der Waals surface area contributed by atoms with Crippen LogP contribution in [0.1, 0.15) is 31.4 Å². The average Bonchev–Trinajstić information content (AvgIpc) is 3.06. The molecule has 1 heterocycles. The first-order valence-electron chi connectivity index (χ1n) is 7.99. The number of hydrogen-bond acceptors (Lipinski definition) is 2. The fourth-order valence-corrected chi connectivity index (χ4v) is 3.43.